The summed E-state index contributed by atoms with van der Waals surface area (Å²) in [5, 5.41) is 5.90. The summed E-state index contributed by atoms with van der Waals surface area (Å²) in [5.74, 6) is 2.56. The van der Waals surface area contributed by atoms with Crippen molar-refractivity contribution >= 4 is 17.8 Å². The van der Waals surface area contributed by atoms with Gasteiger partial charge >= 0.3 is 6.03 Å². The van der Waals surface area contributed by atoms with Crippen LogP contribution in [0.1, 0.15) is 18.0 Å². The first kappa shape index (κ1) is 17.5. The monoisotopic (exact) mass is 358 g/mol. The fourth-order valence-corrected chi connectivity index (χ4v) is 3.83. The van der Waals surface area contributed by atoms with Crippen LogP contribution < -0.4 is 20.1 Å². The van der Waals surface area contributed by atoms with Gasteiger partial charge in [0.2, 0.25) is 0 Å². The highest BCUT2D eigenvalue weighted by Gasteiger charge is 2.21. The molecule has 25 heavy (non-hydrogen) atoms. The molecule has 1 atom stereocenters. The van der Waals surface area contributed by atoms with E-state index in [0.717, 1.165) is 23.7 Å². The van der Waals surface area contributed by atoms with Crippen molar-refractivity contribution in [1.29, 1.82) is 0 Å². The molecule has 0 saturated heterocycles. The third-order valence-corrected chi connectivity index (χ3v) is 5.10. The normalized spacial score (nSPS) is 15.8. The van der Waals surface area contributed by atoms with E-state index in [-0.39, 0.29) is 12.1 Å². The van der Waals surface area contributed by atoms with Gasteiger partial charge in [-0.2, -0.15) is 0 Å². The molecule has 1 aliphatic rings. The molecule has 0 aliphatic carbocycles. The van der Waals surface area contributed by atoms with Gasteiger partial charge in [0.05, 0.1) is 19.7 Å². The molecular weight excluding hydrogens is 336 g/mol. The number of urea groups is 1. The number of hydrogen-bond donors (Lipinski definition) is 2. The molecule has 3 rings (SSSR count). The highest BCUT2D eigenvalue weighted by molar-refractivity contribution is 7.99. The summed E-state index contributed by atoms with van der Waals surface area (Å²) < 4.78 is 10.7. The first-order valence-electron chi connectivity index (χ1n) is 8.29. The number of ether oxygens (including phenoxy) is 2. The van der Waals surface area contributed by atoms with Crippen LogP contribution in [-0.2, 0) is 0 Å². The number of thioether (sulfide) groups is 1. The van der Waals surface area contributed by atoms with Crippen LogP contribution in [0.2, 0.25) is 0 Å². The van der Waals surface area contributed by atoms with E-state index in [0.29, 0.717) is 13.2 Å². The van der Waals surface area contributed by atoms with Crippen molar-refractivity contribution in [2.45, 2.75) is 17.4 Å². The maximum Gasteiger partial charge on any atom is 0.315 e. The molecule has 5 nitrogen and oxygen atoms in total. The molecular formula is C19H22N2O3S. The number of methoxy groups -OCH3 is 1. The van der Waals surface area contributed by atoms with Crippen molar-refractivity contribution in [2.75, 3.05) is 26.0 Å². The Morgan fingerprint density at radius 1 is 1.16 bits per heavy atom. The number of amides is 2. The lowest BCUT2D eigenvalue weighted by atomic mass is 10.0. The number of hydrogen-bond acceptors (Lipinski definition) is 4. The zero-order valence-electron chi connectivity index (χ0n) is 14.2. The summed E-state index contributed by atoms with van der Waals surface area (Å²) in [4.78, 5) is 13.4. The lowest BCUT2D eigenvalue weighted by molar-refractivity contribution is 0.232. The first-order chi connectivity index (χ1) is 12.3. The van der Waals surface area contributed by atoms with E-state index in [2.05, 4.69) is 22.8 Å². The highest BCUT2D eigenvalue weighted by atomic mass is 32.2. The molecule has 1 unspecified atom stereocenters. The lowest BCUT2D eigenvalue weighted by Crippen LogP contribution is -2.40. The van der Waals surface area contributed by atoms with E-state index in [9.17, 15) is 4.79 Å². The van der Waals surface area contributed by atoms with Crippen LogP contribution in [0.5, 0.6) is 11.5 Å². The van der Waals surface area contributed by atoms with Gasteiger partial charge in [0.1, 0.15) is 18.1 Å². The van der Waals surface area contributed by atoms with Gasteiger partial charge in [-0.3, -0.25) is 0 Å². The summed E-state index contributed by atoms with van der Waals surface area (Å²) in [5.41, 5.74) is 1.20. The number of benzene rings is 2. The van der Waals surface area contributed by atoms with Crippen LogP contribution in [0.25, 0.3) is 0 Å². The Balaban J connectivity index is 1.41. The number of nitrogens with one attached hydrogen (secondary N) is 2. The summed E-state index contributed by atoms with van der Waals surface area (Å²) in [7, 11) is 1.63. The fraction of sp³-hybridized carbons (Fsp3) is 0.316. The topological polar surface area (TPSA) is 59.6 Å². The van der Waals surface area contributed by atoms with E-state index < -0.39 is 0 Å². The Bertz CT molecular complexity index is 706. The van der Waals surface area contributed by atoms with Gasteiger partial charge in [0, 0.05) is 10.6 Å². The van der Waals surface area contributed by atoms with Gasteiger partial charge in [-0.25, -0.2) is 4.79 Å². The second-order valence-corrected chi connectivity index (χ2v) is 6.79. The Hall–Kier alpha value is -2.34. The number of carbonyl (C=O) groups excluding carboxylic acids is 1. The second-order valence-electron chi connectivity index (χ2n) is 5.65. The smallest absolute Gasteiger partial charge is 0.315 e. The van der Waals surface area contributed by atoms with Crippen molar-refractivity contribution in [3.05, 3.63) is 54.1 Å². The molecule has 2 amide bonds. The zero-order chi connectivity index (χ0) is 17.5. The van der Waals surface area contributed by atoms with Crippen LogP contribution in [-0.4, -0.2) is 32.0 Å². The standard InChI is InChI=1S/C19H22N2O3S/c1-23-14-6-8-15(9-7-14)24-12-11-20-19(22)21-17-10-13-25-18-5-3-2-4-16(17)18/h2-9,17H,10-13H2,1H3,(H2,20,21,22). The zero-order valence-corrected chi connectivity index (χ0v) is 15.0. The molecule has 2 N–H and O–H groups in total. The van der Waals surface area contributed by atoms with Gasteiger partial charge in [-0.05, 0) is 42.3 Å². The van der Waals surface area contributed by atoms with Crippen LogP contribution in [0.4, 0.5) is 4.79 Å². The number of rotatable bonds is 6. The number of fused-ring (bicyclic) bond motifs is 1. The Morgan fingerprint density at radius 2 is 1.92 bits per heavy atom. The third kappa shape index (κ3) is 4.82. The third-order valence-electron chi connectivity index (χ3n) is 3.98. The molecule has 6 heteroatoms. The predicted molar refractivity (Wildman–Crippen MR) is 99.5 cm³/mol. The minimum absolute atomic E-state index is 0.0694. The van der Waals surface area contributed by atoms with Crippen molar-refractivity contribution < 1.29 is 14.3 Å². The molecule has 0 fully saturated rings. The van der Waals surface area contributed by atoms with E-state index in [1.54, 1.807) is 7.11 Å². The van der Waals surface area contributed by atoms with E-state index >= 15 is 0 Å². The molecule has 0 saturated carbocycles. The second kappa shape index (κ2) is 8.67. The van der Waals surface area contributed by atoms with Crippen molar-refractivity contribution in [3.63, 3.8) is 0 Å². The maximum atomic E-state index is 12.1. The predicted octanol–water partition coefficient (Wildman–Crippen LogP) is 3.61. The quantitative estimate of drug-likeness (QED) is 0.775. The van der Waals surface area contributed by atoms with E-state index in [1.165, 1.54) is 10.5 Å². The molecule has 0 radical (unpaired) electrons. The average Bonchev–Trinajstić information content (AvgIpc) is 2.66. The largest absolute Gasteiger partial charge is 0.497 e. The van der Waals surface area contributed by atoms with Gasteiger partial charge in [0.25, 0.3) is 0 Å². The minimum atomic E-state index is -0.162. The fourth-order valence-electron chi connectivity index (χ4n) is 2.71. The minimum Gasteiger partial charge on any atom is -0.497 e. The van der Waals surface area contributed by atoms with Gasteiger partial charge < -0.3 is 20.1 Å². The summed E-state index contributed by atoms with van der Waals surface area (Å²) in [6, 6.07) is 15.5. The molecule has 132 valence electrons. The van der Waals surface area contributed by atoms with Crippen LogP contribution >= 0.6 is 11.8 Å². The molecule has 1 aliphatic heterocycles. The van der Waals surface area contributed by atoms with Crippen LogP contribution in [0.15, 0.2) is 53.4 Å². The van der Waals surface area contributed by atoms with Gasteiger partial charge in [-0.1, -0.05) is 18.2 Å². The SMILES string of the molecule is COc1ccc(OCCNC(=O)NC2CCSc3ccccc32)cc1. The van der Waals surface area contributed by atoms with E-state index in [1.807, 2.05) is 48.2 Å². The lowest BCUT2D eigenvalue weighted by Gasteiger charge is -2.25. The first-order valence-corrected chi connectivity index (χ1v) is 9.28. The van der Waals surface area contributed by atoms with Gasteiger partial charge in [0.15, 0.2) is 0 Å². The van der Waals surface area contributed by atoms with Crippen molar-refractivity contribution in [3.8, 4) is 11.5 Å². The molecule has 1 heterocycles. The molecule has 0 spiro atoms. The van der Waals surface area contributed by atoms with Gasteiger partial charge in [-0.15, -0.1) is 11.8 Å². The molecule has 0 aromatic heterocycles. The van der Waals surface area contributed by atoms with Crippen LogP contribution in [0, 0.1) is 0 Å². The van der Waals surface area contributed by atoms with Crippen molar-refractivity contribution in [2.24, 2.45) is 0 Å². The maximum absolute atomic E-state index is 12.1. The van der Waals surface area contributed by atoms with Crippen LogP contribution in [0.3, 0.4) is 0 Å². The molecule has 0 bridgehead atoms. The highest BCUT2D eigenvalue weighted by Crippen LogP contribution is 2.35. The molecule has 2 aromatic carbocycles. The average molecular weight is 358 g/mol. The van der Waals surface area contributed by atoms with Crippen molar-refractivity contribution in [1.82, 2.24) is 10.6 Å². The Morgan fingerprint density at radius 3 is 2.72 bits per heavy atom. The number of carbonyl (C=O) groups is 1. The summed E-state index contributed by atoms with van der Waals surface area (Å²) >= 11 is 1.84. The molecule has 2 aromatic rings. The summed E-state index contributed by atoms with van der Waals surface area (Å²) in [6.45, 7) is 0.859. The summed E-state index contributed by atoms with van der Waals surface area (Å²) in [6.07, 6.45) is 0.942. The Kier molecular flexibility index (Phi) is 6.06. The van der Waals surface area contributed by atoms with E-state index in [4.69, 9.17) is 9.47 Å². The Labute approximate surface area is 152 Å².